The number of anilines is 3. The van der Waals surface area contributed by atoms with Gasteiger partial charge in [-0.25, -0.2) is 0 Å². The average molecular weight is 387 g/mol. The lowest BCUT2D eigenvalue weighted by atomic mass is 10.1. The maximum atomic E-state index is 13.2. The standard InChI is InChI=1S/C20H20F3N5/c1-14(2)28(13-15-8-4-3-5-9-15)19-26-18(12-24-27-19)25-17-11-7-6-10-16(17)20(21,22)23/h3-12,14H,13H2,1-2H3,(H,25,26,27). The van der Waals surface area contributed by atoms with Crippen molar-refractivity contribution in [2.45, 2.75) is 32.6 Å². The monoisotopic (exact) mass is 387 g/mol. The molecule has 0 amide bonds. The zero-order chi connectivity index (χ0) is 20.1. The van der Waals surface area contributed by atoms with Gasteiger partial charge in [0, 0.05) is 12.6 Å². The van der Waals surface area contributed by atoms with Crippen LogP contribution in [-0.2, 0) is 12.7 Å². The van der Waals surface area contributed by atoms with Crippen LogP contribution in [0.15, 0.2) is 60.8 Å². The molecule has 0 radical (unpaired) electrons. The summed E-state index contributed by atoms with van der Waals surface area (Å²) in [6.07, 6.45) is -3.16. The van der Waals surface area contributed by atoms with Gasteiger partial charge in [0.25, 0.3) is 0 Å². The molecule has 0 atom stereocenters. The van der Waals surface area contributed by atoms with Gasteiger partial charge in [-0.2, -0.15) is 23.3 Å². The smallest absolute Gasteiger partial charge is 0.338 e. The number of para-hydroxylation sites is 1. The molecule has 0 saturated carbocycles. The van der Waals surface area contributed by atoms with Gasteiger partial charge < -0.3 is 10.2 Å². The van der Waals surface area contributed by atoms with E-state index in [2.05, 4.69) is 20.5 Å². The van der Waals surface area contributed by atoms with Crippen LogP contribution < -0.4 is 10.2 Å². The molecule has 0 saturated heterocycles. The molecular formula is C20H20F3N5. The maximum Gasteiger partial charge on any atom is 0.418 e. The second-order valence-electron chi connectivity index (χ2n) is 6.52. The molecule has 0 unspecified atom stereocenters. The van der Waals surface area contributed by atoms with E-state index in [0.29, 0.717) is 12.5 Å². The largest absolute Gasteiger partial charge is 0.418 e. The quantitative estimate of drug-likeness (QED) is 0.642. The highest BCUT2D eigenvalue weighted by Gasteiger charge is 2.33. The first kappa shape index (κ1) is 19.6. The molecule has 0 spiro atoms. The van der Waals surface area contributed by atoms with Gasteiger partial charge in [-0.05, 0) is 31.5 Å². The molecule has 5 nitrogen and oxygen atoms in total. The summed E-state index contributed by atoms with van der Waals surface area (Å²) in [7, 11) is 0. The number of benzene rings is 2. The van der Waals surface area contributed by atoms with E-state index < -0.39 is 11.7 Å². The second kappa shape index (κ2) is 8.24. The summed E-state index contributed by atoms with van der Waals surface area (Å²) in [5, 5.41) is 10.7. The Morgan fingerprint density at radius 3 is 2.36 bits per heavy atom. The number of hydrogen-bond donors (Lipinski definition) is 1. The molecule has 3 rings (SSSR count). The topological polar surface area (TPSA) is 53.9 Å². The highest BCUT2D eigenvalue weighted by atomic mass is 19.4. The minimum atomic E-state index is -4.47. The van der Waals surface area contributed by atoms with Crippen LogP contribution in [-0.4, -0.2) is 21.2 Å². The van der Waals surface area contributed by atoms with Crippen molar-refractivity contribution in [3.8, 4) is 0 Å². The third-order valence-corrected chi connectivity index (χ3v) is 4.12. The van der Waals surface area contributed by atoms with Crippen molar-refractivity contribution < 1.29 is 13.2 Å². The molecule has 0 bridgehead atoms. The summed E-state index contributed by atoms with van der Waals surface area (Å²) in [6, 6.07) is 15.1. The summed E-state index contributed by atoms with van der Waals surface area (Å²) in [4.78, 5) is 6.32. The Labute approximate surface area is 161 Å². The van der Waals surface area contributed by atoms with Gasteiger partial charge in [0.15, 0.2) is 5.82 Å². The summed E-state index contributed by atoms with van der Waals surface area (Å²) in [6.45, 7) is 4.54. The molecule has 0 aliphatic heterocycles. The minimum Gasteiger partial charge on any atom is -0.338 e. The van der Waals surface area contributed by atoms with Gasteiger partial charge in [0.2, 0.25) is 5.95 Å². The molecule has 0 aliphatic rings. The molecule has 0 fully saturated rings. The minimum absolute atomic E-state index is 0.0692. The fourth-order valence-corrected chi connectivity index (χ4v) is 2.72. The normalized spacial score (nSPS) is 11.5. The molecular weight excluding hydrogens is 367 g/mol. The number of alkyl halides is 3. The first-order valence-corrected chi connectivity index (χ1v) is 8.78. The van der Waals surface area contributed by atoms with Crippen molar-refractivity contribution in [1.82, 2.24) is 15.2 Å². The fraction of sp³-hybridized carbons (Fsp3) is 0.250. The van der Waals surface area contributed by atoms with Crippen molar-refractivity contribution in [2.75, 3.05) is 10.2 Å². The molecule has 3 aromatic rings. The van der Waals surface area contributed by atoms with Crippen molar-refractivity contribution in [2.24, 2.45) is 0 Å². The van der Waals surface area contributed by atoms with Crippen LogP contribution in [0.1, 0.15) is 25.0 Å². The van der Waals surface area contributed by atoms with E-state index in [1.165, 1.54) is 24.4 Å². The molecule has 2 aromatic carbocycles. The van der Waals surface area contributed by atoms with E-state index in [1.54, 1.807) is 0 Å². The van der Waals surface area contributed by atoms with Gasteiger partial charge in [0.05, 0.1) is 17.4 Å². The highest BCUT2D eigenvalue weighted by molar-refractivity contribution is 5.61. The molecule has 8 heteroatoms. The third kappa shape index (κ3) is 4.76. The first-order chi connectivity index (χ1) is 13.3. The van der Waals surface area contributed by atoms with Gasteiger partial charge >= 0.3 is 6.18 Å². The summed E-state index contributed by atoms with van der Waals surface area (Å²) >= 11 is 0. The average Bonchev–Trinajstić information content (AvgIpc) is 2.66. The lowest BCUT2D eigenvalue weighted by Crippen LogP contribution is -2.32. The van der Waals surface area contributed by atoms with Crippen molar-refractivity contribution in [1.29, 1.82) is 0 Å². The molecule has 1 N–H and O–H groups in total. The summed E-state index contributed by atoms with van der Waals surface area (Å²) in [5.74, 6) is 0.536. The SMILES string of the molecule is CC(C)N(Cc1ccccc1)c1nncc(Nc2ccccc2C(F)(F)F)n1. The number of nitrogens with one attached hydrogen (secondary N) is 1. The van der Waals surface area contributed by atoms with Crippen molar-refractivity contribution in [3.05, 3.63) is 71.9 Å². The lowest BCUT2D eigenvalue weighted by Gasteiger charge is -2.26. The highest BCUT2D eigenvalue weighted by Crippen LogP contribution is 2.35. The number of aromatic nitrogens is 3. The number of nitrogens with zero attached hydrogens (tertiary/aromatic N) is 4. The molecule has 1 aromatic heterocycles. The van der Waals surface area contributed by atoms with Crippen molar-refractivity contribution >= 4 is 17.5 Å². The van der Waals surface area contributed by atoms with Crippen LogP contribution in [0.3, 0.4) is 0 Å². The Bertz CT molecular complexity index is 913. The summed E-state index contributed by atoms with van der Waals surface area (Å²) in [5.41, 5.74) is 0.223. The van der Waals surface area contributed by atoms with E-state index >= 15 is 0 Å². The molecule has 1 heterocycles. The van der Waals surface area contributed by atoms with E-state index in [0.717, 1.165) is 11.6 Å². The third-order valence-electron chi connectivity index (χ3n) is 4.12. The van der Waals surface area contributed by atoms with Gasteiger partial charge in [-0.3, -0.25) is 0 Å². The Kier molecular flexibility index (Phi) is 5.77. The Morgan fingerprint density at radius 1 is 1.00 bits per heavy atom. The predicted molar refractivity (Wildman–Crippen MR) is 102 cm³/mol. The number of halogens is 3. The van der Waals surface area contributed by atoms with Crippen LogP contribution >= 0.6 is 0 Å². The Hall–Kier alpha value is -3.16. The zero-order valence-corrected chi connectivity index (χ0v) is 15.5. The van der Waals surface area contributed by atoms with Gasteiger partial charge in [-0.15, -0.1) is 5.10 Å². The molecule has 146 valence electrons. The Morgan fingerprint density at radius 2 is 1.68 bits per heavy atom. The van der Waals surface area contributed by atoms with E-state index in [4.69, 9.17) is 0 Å². The van der Waals surface area contributed by atoms with E-state index in [-0.39, 0.29) is 17.5 Å². The van der Waals surface area contributed by atoms with Gasteiger partial charge in [0.1, 0.15) is 0 Å². The number of rotatable bonds is 6. The van der Waals surface area contributed by atoms with Crippen LogP contribution in [0.2, 0.25) is 0 Å². The maximum absolute atomic E-state index is 13.2. The van der Waals surface area contributed by atoms with Crippen LogP contribution in [0.4, 0.5) is 30.6 Å². The molecule has 0 aliphatic carbocycles. The van der Waals surface area contributed by atoms with Crippen molar-refractivity contribution in [3.63, 3.8) is 0 Å². The van der Waals surface area contributed by atoms with Crippen LogP contribution in [0.5, 0.6) is 0 Å². The van der Waals surface area contributed by atoms with E-state index in [1.807, 2.05) is 49.1 Å². The van der Waals surface area contributed by atoms with E-state index in [9.17, 15) is 13.2 Å². The van der Waals surface area contributed by atoms with Gasteiger partial charge in [-0.1, -0.05) is 42.5 Å². The van der Waals surface area contributed by atoms with Crippen LogP contribution in [0.25, 0.3) is 0 Å². The number of hydrogen-bond acceptors (Lipinski definition) is 5. The lowest BCUT2D eigenvalue weighted by molar-refractivity contribution is -0.136. The van der Waals surface area contributed by atoms with Crippen LogP contribution in [0, 0.1) is 0 Å². The Balaban J connectivity index is 1.87. The zero-order valence-electron chi connectivity index (χ0n) is 15.5. The fourth-order valence-electron chi connectivity index (χ4n) is 2.72. The summed E-state index contributed by atoms with van der Waals surface area (Å²) < 4.78 is 39.6. The second-order valence-corrected chi connectivity index (χ2v) is 6.52. The first-order valence-electron chi connectivity index (χ1n) is 8.78. The predicted octanol–water partition coefficient (Wildman–Crippen LogP) is 5.05. The molecule has 28 heavy (non-hydrogen) atoms.